The number of ketones is 1. The van der Waals surface area contributed by atoms with Crippen LogP contribution in [0, 0.1) is 0 Å². The van der Waals surface area contributed by atoms with Crippen molar-refractivity contribution < 1.29 is 52.4 Å². The summed E-state index contributed by atoms with van der Waals surface area (Å²) in [5.41, 5.74) is 23.0. The van der Waals surface area contributed by atoms with Crippen LogP contribution in [-0.2, 0) is 6.42 Å². The van der Waals surface area contributed by atoms with E-state index < -0.39 is 11.2 Å². The van der Waals surface area contributed by atoms with Gasteiger partial charge in [0.1, 0.15) is 28.4 Å². The quantitative estimate of drug-likeness (QED) is 0.0348. The number of hydrogen-bond donors (Lipinski definition) is 5. The van der Waals surface area contributed by atoms with E-state index in [1.54, 1.807) is 80.2 Å². The number of Topliss-reactive ketones (excluding diaryl/α,β-unsaturated/α-hetero) is 1. The number of methoxy groups -OCH3 is 4. The number of anilines is 3. The highest BCUT2D eigenvalue weighted by atomic mass is 35.5. The average molecular weight is 1030 g/mol. The Bertz CT molecular complexity index is 3460. The average Bonchev–Trinajstić information content (AvgIpc) is 4.08. The highest BCUT2D eigenvalue weighted by Crippen LogP contribution is 2.30. The maximum absolute atomic E-state index is 12.7. The van der Waals surface area contributed by atoms with Crippen molar-refractivity contribution in [1.82, 2.24) is 24.9 Å². The number of para-hydroxylation sites is 6. The Morgan fingerprint density at radius 2 is 1.01 bits per heavy atom. The first-order valence-corrected chi connectivity index (χ1v) is 22.6. The number of nitrogens with zero attached hydrogens (tertiary/aromatic N) is 5. The summed E-state index contributed by atoms with van der Waals surface area (Å²) >= 11 is 5.29. The van der Waals surface area contributed by atoms with Crippen molar-refractivity contribution in [2.24, 2.45) is 0 Å². The lowest BCUT2D eigenvalue weighted by Crippen LogP contribution is -2.06. The zero-order valence-corrected chi connectivity index (χ0v) is 41.5. The number of halogens is 1. The molecule has 0 aliphatic heterocycles. The number of phenolic OH excluding ortho intramolecular Hbond substituents is 1. The second-order valence-corrected chi connectivity index (χ2v) is 15.7. The number of ether oxygens (including phenoxy) is 4. The lowest BCUT2D eigenvalue weighted by atomic mass is 10.0. The summed E-state index contributed by atoms with van der Waals surface area (Å²) in [6, 6.07) is 41.7. The molecule has 10 rings (SSSR count). The summed E-state index contributed by atoms with van der Waals surface area (Å²) in [6.07, 6.45) is 4.81. The van der Waals surface area contributed by atoms with Gasteiger partial charge >= 0.3 is 5.97 Å². The fourth-order valence-corrected chi connectivity index (χ4v) is 6.70. The van der Waals surface area contributed by atoms with Crippen LogP contribution in [0.2, 0.25) is 0 Å². The number of carbonyl (C=O) groups excluding carboxylic acids is 2. The van der Waals surface area contributed by atoms with Gasteiger partial charge in [-0.05, 0) is 121 Å². The minimum Gasteiger partial charge on any atom is -0.506 e. The molecule has 10 aromatic rings. The fraction of sp³-hybridized carbons (Fsp3) is 0.0909. The highest BCUT2D eigenvalue weighted by molar-refractivity contribution is 6.67. The molecule has 5 aromatic heterocycles. The Kier molecular flexibility index (Phi) is 19.2. The topological polar surface area (TPSA) is 297 Å². The van der Waals surface area contributed by atoms with Gasteiger partial charge in [-0.3, -0.25) is 14.6 Å². The first-order chi connectivity index (χ1) is 36.2. The Hall–Kier alpha value is -10.0. The van der Waals surface area contributed by atoms with Crippen LogP contribution in [-0.4, -0.2) is 80.6 Å². The third-order valence-electron chi connectivity index (χ3n) is 10.3. The second kappa shape index (κ2) is 26.4. The van der Waals surface area contributed by atoms with Gasteiger partial charge in [0.2, 0.25) is 11.8 Å². The molecule has 5 aromatic carbocycles. The fourth-order valence-electron chi connectivity index (χ4n) is 6.58. The van der Waals surface area contributed by atoms with Crippen LogP contribution < -0.4 is 36.1 Å². The highest BCUT2D eigenvalue weighted by Gasteiger charge is 2.15. The van der Waals surface area contributed by atoms with Crippen molar-refractivity contribution in [3.05, 3.63) is 187 Å². The summed E-state index contributed by atoms with van der Waals surface area (Å²) in [7, 11) is 6.12. The number of pyridine rings is 3. The molecule has 0 aliphatic rings. The molecular weight excluding hydrogens is 984 g/mol. The summed E-state index contributed by atoms with van der Waals surface area (Å²) in [6.45, 7) is 0. The van der Waals surface area contributed by atoms with E-state index in [0.29, 0.717) is 63.1 Å². The molecule has 0 radical (unpaired) electrons. The predicted molar refractivity (Wildman–Crippen MR) is 284 cm³/mol. The predicted octanol–water partition coefficient (Wildman–Crippen LogP) is 10.2. The van der Waals surface area contributed by atoms with Gasteiger partial charge in [-0.1, -0.05) is 36.4 Å². The summed E-state index contributed by atoms with van der Waals surface area (Å²) in [5, 5.41) is 16.7. The van der Waals surface area contributed by atoms with Gasteiger partial charge in [0.25, 0.3) is 5.24 Å². The van der Waals surface area contributed by atoms with Crippen LogP contribution in [0.25, 0.3) is 45.1 Å². The van der Waals surface area contributed by atoms with Crippen LogP contribution in [0.5, 0.6) is 28.7 Å². The number of fused-ring (bicyclic) bond motifs is 2. The lowest BCUT2D eigenvalue weighted by Gasteiger charge is -2.09. The van der Waals surface area contributed by atoms with Crippen molar-refractivity contribution in [2.75, 3.05) is 45.6 Å². The summed E-state index contributed by atoms with van der Waals surface area (Å²) in [4.78, 5) is 54.5. The third-order valence-corrected chi connectivity index (χ3v) is 10.5. The lowest BCUT2D eigenvalue weighted by molar-refractivity contribution is 0.0696. The number of nitrogens with two attached hydrogens (primary N) is 3. The van der Waals surface area contributed by atoms with Gasteiger partial charge in [-0.15, -0.1) is 0 Å². The first kappa shape index (κ1) is 54.3. The molecule has 0 fully saturated rings. The molecule has 8 N–H and O–H groups in total. The van der Waals surface area contributed by atoms with E-state index in [2.05, 4.69) is 24.9 Å². The Balaban J connectivity index is 0.000000165. The van der Waals surface area contributed by atoms with E-state index in [4.69, 9.17) is 66.8 Å². The van der Waals surface area contributed by atoms with Crippen molar-refractivity contribution >= 4 is 68.1 Å². The maximum Gasteiger partial charge on any atom is 0.335 e. The van der Waals surface area contributed by atoms with E-state index in [1.807, 2.05) is 66.7 Å². The number of nitrogen functional groups attached to an aromatic ring is 3. The number of hydrogen-bond acceptors (Lipinski definition) is 18. The SMILES string of the molecule is COc1ccc(C(=O)Cc2cc(-c3nc4ccccc4o3)ccn2)cc1OC.COc1ccc(C(=O)Cl)cc1OC.Nc1cc(-c2nc3ccccc3o2)ccn1.Nc1cc(C(=O)O)ccn1.Nc1ccccc1O. The van der Waals surface area contributed by atoms with Gasteiger partial charge in [-0.2, -0.15) is 0 Å². The van der Waals surface area contributed by atoms with E-state index in [1.165, 1.54) is 45.7 Å². The van der Waals surface area contributed by atoms with Crippen LogP contribution in [0.15, 0.2) is 173 Å². The maximum atomic E-state index is 12.7. The molecule has 0 spiro atoms. The molecule has 0 unspecified atom stereocenters. The molecule has 0 saturated heterocycles. The van der Waals surface area contributed by atoms with Crippen LogP contribution in [0.1, 0.15) is 36.8 Å². The number of phenols is 1. The van der Waals surface area contributed by atoms with E-state index in [9.17, 15) is 14.4 Å². The normalized spacial score (nSPS) is 10.1. The first-order valence-electron chi connectivity index (χ1n) is 22.2. The molecule has 0 bridgehead atoms. The number of aromatic hydroxyl groups is 1. The number of carboxylic acids is 1. The molecule has 5 heterocycles. The third kappa shape index (κ3) is 15.2. The van der Waals surface area contributed by atoms with E-state index in [0.717, 1.165) is 33.3 Å². The number of aromatic carboxylic acids is 1. The van der Waals surface area contributed by atoms with Crippen molar-refractivity contribution in [2.45, 2.75) is 6.42 Å². The summed E-state index contributed by atoms with van der Waals surface area (Å²) < 4.78 is 31.9. The van der Waals surface area contributed by atoms with Gasteiger partial charge in [-0.25, -0.2) is 24.7 Å². The standard InChI is InChI=1S/C22H18N2O4.C12H9N3O.C9H9ClO3.C6H6N2O2.C6H7NO/c1-26-20-8-7-14(12-21(20)27-2)18(25)13-16-11-15(9-10-23-16)22-24-17-5-3-4-6-19(17)28-22;13-11-7-8(5-6-14-11)12-15-9-3-1-2-4-10(9)16-12;1-12-7-4-3-6(9(10)11)5-8(7)13-2;7-5-3-4(6(9)10)1-2-8-5;7-5-3-1-2-4-6(5)8/h3-12H,13H2,1-2H3;1-7H,(H2,13,14);3-5H,1-2H3;1-3H,(H2,7,8)(H,9,10);1-4,8H,7H2. The number of benzene rings is 5. The molecule has 19 nitrogen and oxygen atoms in total. The molecule has 20 heteroatoms. The minimum atomic E-state index is -0.992. The number of aromatic nitrogens is 5. The van der Waals surface area contributed by atoms with E-state index >= 15 is 0 Å². The van der Waals surface area contributed by atoms with Crippen LogP contribution in [0.4, 0.5) is 17.3 Å². The van der Waals surface area contributed by atoms with E-state index in [-0.39, 0.29) is 29.3 Å². The number of carboxylic acid groups (broad SMARTS) is 1. The second-order valence-electron chi connectivity index (χ2n) is 15.3. The van der Waals surface area contributed by atoms with Crippen molar-refractivity contribution in [3.63, 3.8) is 0 Å². The van der Waals surface area contributed by atoms with Gasteiger partial charge in [0, 0.05) is 46.5 Å². The number of rotatable bonds is 11. The smallest absolute Gasteiger partial charge is 0.335 e. The molecule has 0 atom stereocenters. The summed E-state index contributed by atoms with van der Waals surface area (Å²) in [5.74, 6) is 3.00. The molecule has 75 heavy (non-hydrogen) atoms. The van der Waals surface area contributed by atoms with Crippen LogP contribution in [0.3, 0.4) is 0 Å². The Labute approximate surface area is 434 Å². The molecule has 0 saturated carbocycles. The van der Waals surface area contributed by atoms with Crippen molar-refractivity contribution in [1.29, 1.82) is 0 Å². The number of oxazole rings is 2. The zero-order valence-electron chi connectivity index (χ0n) is 40.7. The van der Waals surface area contributed by atoms with Crippen LogP contribution >= 0.6 is 11.6 Å². The molecular formula is C55H49ClN8O11. The monoisotopic (exact) mass is 1030 g/mol. The van der Waals surface area contributed by atoms with Gasteiger partial charge in [0.15, 0.2) is 39.9 Å². The largest absolute Gasteiger partial charge is 0.506 e. The zero-order chi connectivity index (χ0) is 53.9. The Morgan fingerprint density at radius 3 is 1.48 bits per heavy atom. The van der Waals surface area contributed by atoms with Crippen molar-refractivity contribution in [3.8, 4) is 51.7 Å². The molecule has 382 valence electrons. The number of carbonyl (C=O) groups is 3. The molecule has 0 aliphatic carbocycles. The molecule has 0 amide bonds. The minimum absolute atomic E-state index is 0.0665. The van der Waals surface area contributed by atoms with Gasteiger partial charge in [0.05, 0.1) is 46.1 Å². The Morgan fingerprint density at radius 1 is 0.533 bits per heavy atom. The van der Waals surface area contributed by atoms with Gasteiger partial charge < -0.3 is 55.2 Å².